The van der Waals surface area contributed by atoms with Crippen LogP contribution in [0.15, 0.2) is 47.2 Å². The van der Waals surface area contributed by atoms with Crippen molar-refractivity contribution in [2.24, 2.45) is 0 Å². The van der Waals surface area contributed by atoms with Gasteiger partial charge in [-0.05, 0) is 44.0 Å². The summed E-state index contributed by atoms with van der Waals surface area (Å²) in [6.07, 6.45) is 3.10. The maximum absolute atomic E-state index is 13.3. The van der Waals surface area contributed by atoms with Crippen LogP contribution in [0.25, 0.3) is 16.9 Å². The van der Waals surface area contributed by atoms with Crippen LogP contribution in [0.1, 0.15) is 41.1 Å². The number of rotatable bonds is 5. The number of alkyl halides is 1. The van der Waals surface area contributed by atoms with E-state index in [1.807, 2.05) is 37.4 Å². The first-order valence-corrected chi connectivity index (χ1v) is 11.7. The summed E-state index contributed by atoms with van der Waals surface area (Å²) in [6.45, 7) is 6.23. The third kappa shape index (κ3) is 4.14. The van der Waals surface area contributed by atoms with E-state index >= 15 is 0 Å². The molecule has 9 nitrogen and oxygen atoms in total. The Morgan fingerprint density at radius 3 is 2.91 bits per heavy atom. The first kappa shape index (κ1) is 21.7. The summed E-state index contributed by atoms with van der Waals surface area (Å²) in [5, 5.41) is 11.3. The van der Waals surface area contributed by atoms with E-state index in [0.29, 0.717) is 41.6 Å². The van der Waals surface area contributed by atoms with Crippen molar-refractivity contribution in [3.63, 3.8) is 0 Å². The van der Waals surface area contributed by atoms with E-state index in [-0.39, 0.29) is 17.9 Å². The summed E-state index contributed by atoms with van der Waals surface area (Å²) >= 11 is 0. The van der Waals surface area contributed by atoms with Gasteiger partial charge in [0.25, 0.3) is 5.91 Å². The molecule has 1 amide bonds. The maximum Gasteiger partial charge on any atom is 0.259 e. The zero-order valence-electron chi connectivity index (χ0n) is 19.4. The molecular formula is C25H25FN6O3. The van der Waals surface area contributed by atoms with Crippen LogP contribution >= 0.6 is 0 Å². The van der Waals surface area contributed by atoms with Gasteiger partial charge in [0.05, 0.1) is 35.9 Å². The van der Waals surface area contributed by atoms with E-state index in [4.69, 9.17) is 9.26 Å². The predicted molar refractivity (Wildman–Crippen MR) is 127 cm³/mol. The molecular weight excluding hydrogens is 451 g/mol. The van der Waals surface area contributed by atoms with Crippen molar-refractivity contribution in [1.29, 1.82) is 0 Å². The molecule has 180 valence electrons. The van der Waals surface area contributed by atoms with Crippen molar-refractivity contribution in [3.05, 3.63) is 59.7 Å². The summed E-state index contributed by atoms with van der Waals surface area (Å²) < 4.78 is 25.9. The number of hydrogen-bond donors (Lipinski definition) is 1. The lowest BCUT2D eigenvalue weighted by atomic mass is 10.1. The quantitative estimate of drug-likeness (QED) is 0.465. The Balaban J connectivity index is 1.25. The Labute approximate surface area is 200 Å². The Morgan fingerprint density at radius 1 is 1.26 bits per heavy atom. The maximum atomic E-state index is 13.3. The number of aryl methyl sites for hydroxylation is 1. The van der Waals surface area contributed by atoms with Crippen LogP contribution in [-0.4, -0.2) is 57.6 Å². The molecule has 0 bridgehead atoms. The number of nitrogens with zero attached hydrogens (tertiary/aromatic N) is 5. The van der Waals surface area contributed by atoms with Gasteiger partial charge >= 0.3 is 0 Å². The van der Waals surface area contributed by atoms with Crippen LogP contribution in [0.2, 0.25) is 0 Å². The van der Waals surface area contributed by atoms with E-state index in [2.05, 4.69) is 32.4 Å². The highest BCUT2D eigenvalue weighted by atomic mass is 19.1. The fraction of sp³-hybridized carbons (Fsp3) is 0.360. The second kappa shape index (κ2) is 8.46. The number of nitrogens with one attached hydrogen (secondary N) is 1. The minimum Gasteiger partial charge on any atom is -0.375 e. The first-order chi connectivity index (χ1) is 17.0. The molecule has 1 aliphatic carbocycles. The van der Waals surface area contributed by atoms with Gasteiger partial charge in [-0.1, -0.05) is 17.3 Å². The SMILES string of the molecule is Cc1ccc(-c2noc([C@H]3C[C@@H]3F)n2)cc1NC(=O)c1cnn2ccc(N3CCO[C@H](C)C3)cc12. The molecule has 10 heteroatoms. The van der Waals surface area contributed by atoms with Crippen molar-refractivity contribution in [2.75, 3.05) is 29.9 Å². The van der Waals surface area contributed by atoms with Gasteiger partial charge in [-0.15, -0.1) is 0 Å². The number of benzene rings is 1. The van der Waals surface area contributed by atoms with Gasteiger partial charge in [-0.2, -0.15) is 10.1 Å². The van der Waals surface area contributed by atoms with Crippen molar-refractivity contribution < 1.29 is 18.4 Å². The minimum atomic E-state index is -0.908. The first-order valence-electron chi connectivity index (χ1n) is 11.7. The molecule has 0 spiro atoms. The van der Waals surface area contributed by atoms with Crippen molar-refractivity contribution in [3.8, 4) is 11.4 Å². The predicted octanol–water partition coefficient (Wildman–Crippen LogP) is 4.00. The second-order valence-electron chi connectivity index (χ2n) is 9.20. The Hall–Kier alpha value is -3.79. The zero-order valence-corrected chi connectivity index (χ0v) is 19.4. The Kier molecular flexibility index (Phi) is 5.25. The average molecular weight is 477 g/mol. The molecule has 0 unspecified atom stereocenters. The minimum absolute atomic E-state index is 0.154. The molecule has 4 aromatic rings. The molecule has 1 aliphatic heterocycles. The van der Waals surface area contributed by atoms with E-state index in [1.165, 1.54) is 0 Å². The number of aromatic nitrogens is 4. The van der Waals surface area contributed by atoms with Gasteiger partial charge in [-0.25, -0.2) is 8.91 Å². The molecule has 6 rings (SSSR count). The third-order valence-corrected chi connectivity index (χ3v) is 6.57. The Bertz CT molecular complexity index is 1420. The highest BCUT2D eigenvalue weighted by Crippen LogP contribution is 2.43. The summed E-state index contributed by atoms with van der Waals surface area (Å²) in [7, 11) is 0. The highest BCUT2D eigenvalue weighted by molar-refractivity contribution is 6.09. The monoisotopic (exact) mass is 476 g/mol. The van der Waals surface area contributed by atoms with Gasteiger partial charge in [0.15, 0.2) is 0 Å². The number of carbonyl (C=O) groups is 1. The number of pyridine rings is 1. The van der Waals surface area contributed by atoms with Gasteiger partial charge in [0, 0.05) is 36.2 Å². The number of halogens is 1. The molecule has 35 heavy (non-hydrogen) atoms. The molecule has 4 heterocycles. The lowest BCUT2D eigenvalue weighted by molar-refractivity contribution is 0.0532. The number of fused-ring (bicyclic) bond motifs is 1. The summed E-state index contributed by atoms with van der Waals surface area (Å²) in [6, 6.07) is 9.52. The van der Waals surface area contributed by atoms with Crippen LogP contribution in [0.5, 0.6) is 0 Å². The van der Waals surface area contributed by atoms with E-state index < -0.39 is 6.17 Å². The highest BCUT2D eigenvalue weighted by Gasteiger charge is 2.43. The molecule has 1 aromatic carbocycles. The normalized spacial score (nSPS) is 21.9. The number of carbonyl (C=O) groups excluding carboxylic acids is 1. The van der Waals surface area contributed by atoms with E-state index in [9.17, 15) is 9.18 Å². The fourth-order valence-electron chi connectivity index (χ4n) is 4.40. The Morgan fingerprint density at radius 2 is 2.11 bits per heavy atom. The van der Waals surface area contributed by atoms with Gasteiger partial charge < -0.3 is 19.5 Å². The number of ether oxygens (including phenoxy) is 1. The van der Waals surface area contributed by atoms with E-state index in [0.717, 1.165) is 29.9 Å². The topological polar surface area (TPSA) is 97.8 Å². The molecule has 1 N–H and O–H groups in total. The van der Waals surface area contributed by atoms with E-state index in [1.54, 1.807) is 16.8 Å². The number of amides is 1. The van der Waals surface area contributed by atoms with Gasteiger partial charge in [-0.3, -0.25) is 4.79 Å². The van der Waals surface area contributed by atoms with Crippen molar-refractivity contribution in [1.82, 2.24) is 19.8 Å². The van der Waals surface area contributed by atoms with Gasteiger partial charge in [0.2, 0.25) is 11.7 Å². The molecule has 1 saturated heterocycles. The molecule has 2 fully saturated rings. The summed E-state index contributed by atoms with van der Waals surface area (Å²) in [4.78, 5) is 19.9. The van der Waals surface area contributed by atoms with Crippen LogP contribution in [0.4, 0.5) is 15.8 Å². The number of hydrogen-bond acceptors (Lipinski definition) is 7. The fourth-order valence-corrected chi connectivity index (χ4v) is 4.40. The third-order valence-electron chi connectivity index (χ3n) is 6.57. The van der Waals surface area contributed by atoms with Crippen LogP contribution in [0, 0.1) is 6.92 Å². The van der Waals surface area contributed by atoms with Crippen LogP contribution in [-0.2, 0) is 4.74 Å². The largest absolute Gasteiger partial charge is 0.375 e. The standard InChI is InChI=1S/C25H25FN6O3/c1-14-3-4-16(23-29-25(35-30-23)18-11-20(18)26)9-21(14)28-24(33)19-12-27-32-6-5-17(10-22(19)32)31-7-8-34-15(2)13-31/h3-6,9-10,12,15,18,20H,7-8,11,13H2,1-2H3,(H,28,33)/t15-,18+,20+/m1/s1. The lowest BCUT2D eigenvalue weighted by Crippen LogP contribution is -2.41. The average Bonchev–Trinajstić information content (AvgIpc) is 3.24. The smallest absolute Gasteiger partial charge is 0.259 e. The molecule has 1 saturated carbocycles. The molecule has 0 radical (unpaired) electrons. The summed E-state index contributed by atoms with van der Waals surface area (Å²) in [5.41, 5.74) is 4.42. The molecule has 3 aromatic heterocycles. The van der Waals surface area contributed by atoms with Crippen molar-refractivity contribution >= 4 is 22.8 Å². The molecule has 3 atom stereocenters. The summed E-state index contributed by atoms with van der Waals surface area (Å²) in [5.74, 6) is 0.118. The number of morpholine rings is 1. The second-order valence-corrected chi connectivity index (χ2v) is 9.20. The van der Waals surface area contributed by atoms with Crippen molar-refractivity contribution in [2.45, 2.75) is 38.5 Å². The molecule has 2 aliphatic rings. The van der Waals surface area contributed by atoms with Crippen LogP contribution in [0.3, 0.4) is 0 Å². The van der Waals surface area contributed by atoms with Gasteiger partial charge in [0.1, 0.15) is 6.17 Å². The number of anilines is 2. The lowest BCUT2D eigenvalue weighted by Gasteiger charge is -2.32. The zero-order chi connectivity index (χ0) is 24.1. The van der Waals surface area contributed by atoms with Crippen LogP contribution < -0.4 is 10.2 Å².